The molecule has 114 valence electrons. The third kappa shape index (κ3) is 6.24. The van der Waals surface area contributed by atoms with Gasteiger partial charge in [-0.2, -0.15) is 0 Å². The van der Waals surface area contributed by atoms with Crippen LogP contribution in [0.15, 0.2) is 0 Å². The summed E-state index contributed by atoms with van der Waals surface area (Å²) < 4.78 is 0. The van der Waals surface area contributed by atoms with E-state index in [0.29, 0.717) is 12.1 Å². The zero-order valence-electron chi connectivity index (χ0n) is 13.8. The molecule has 3 nitrogen and oxygen atoms in total. The molecular weight excluding hydrogens is 234 g/mol. The van der Waals surface area contributed by atoms with Crippen molar-refractivity contribution in [2.45, 2.75) is 59.0 Å². The summed E-state index contributed by atoms with van der Waals surface area (Å²) in [7, 11) is 2.26. The summed E-state index contributed by atoms with van der Waals surface area (Å²) in [4.78, 5) is 5.23. The molecule has 1 rings (SSSR count). The highest BCUT2D eigenvalue weighted by molar-refractivity contribution is 4.82. The molecule has 3 heteroatoms. The summed E-state index contributed by atoms with van der Waals surface area (Å²) in [6.45, 7) is 15.3. The summed E-state index contributed by atoms with van der Waals surface area (Å²) in [5.74, 6) is 0.745. The van der Waals surface area contributed by atoms with Crippen molar-refractivity contribution in [3.05, 3.63) is 0 Å². The lowest BCUT2D eigenvalue weighted by Gasteiger charge is -2.36. The second-order valence-electron chi connectivity index (χ2n) is 6.70. The number of likely N-dealkylation sites (N-methyl/N-ethyl adjacent to an activating group) is 1. The number of hydrogen-bond acceptors (Lipinski definition) is 3. The fourth-order valence-corrected chi connectivity index (χ4v) is 3.19. The second kappa shape index (κ2) is 8.93. The predicted molar refractivity (Wildman–Crippen MR) is 84.7 cm³/mol. The van der Waals surface area contributed by atoms with Gasteiger partial charge in [0.15, 0.2) is 0 Å². The molecule has 2 unspecified atom stereocenters. The van der Waals surface area contributed by atoms with E-state index in [4.69, 9.17) is 0 Å². The Kier molecular flexibility index (Phi) is 7.96. The first kappa shape index (κ1) is 16.9. The van der Waals surface area contributed by atoms with Crippen LogP contribution in [-0.2, 0) is 0 Å². The van der Waals surface area contributed by atoms with E-state index < -0.39 is 0 Å². The molecule has 1 saturated heterocycles. The highest BCUT2D eigenvalue weighted by Gasteiger charge is 2.25. The van der Waals surface area contributed by atoms with Crippen molar-refractivity contribution >= 4 is 0 Å². The monoisotopic (exact) mass is 269 g/mol. The van der Waals surface area contributed by atoms with Gasteiger partial charge in [-0.1, -0.05) is 27.2 Å². The molecule has 0 bridgehead atoms. The fraction of sp³-hybridized carbons (Fsp3) is 1.00. The molecule has 1 fully saturated rings. The minimum Gasteiger partial charge on any atom is -0.315 e. The molecule has 1 aliphatic heterocycles. The largest absolute Gasteiger partial charge is 0.315 e. The van der Waals surface area contributed by atoms with Crippen molar-refractivity contribution in [1.29, 1.82) is 0 Å². The van der Waals surface area contributed by atoms with Gasteiger partial charge in [0.1, 0.15) is 0 Å². The van der Waals surface area contributed by atoms with Crippen molar-refractivity contribution in [3.63, 3.8) is 0 Å². The third-order valence-corrected chi connectivity index (χ3v) is 4.12. The summed E-state index contributed by atoms with van der Waals surface area (Å²) in [6.07, 6.45) is 3.91. The van der Waals surface area contributed by atoms with E-state index in [1.54, 1.807) is 0 Å². The van der Waals surface area contributed by atoms with Gasteiger partial charge in [-0.15, -0.1) is 0 Å². The topological polar surface area (TPSA) is 18.5 Å². The maximum Gasteiger partial charge on any atom is 0.0223 e. The van der Waals surface area contributed by atoms with Crippen LogP contribution < -0.4 is 5.32 Å². The van der Waals surface area contributed by atoms with Crippen LogP contribution in [0.4, 0.5) is 0 Å². The Labute approximate surface area is 120 Å². The zero-order chi connectivity index (χ0) is 14.3. The highest BCUT2D eigenvalue weighted by atomic mass is 15.3. The fourth-order valence-electron chi connectivity index (χ4n) is 3.19. The molecule has 19 heavy (non-hydrogen) atoms. The summed E-state index contributed by atoms with van der Waals surface area (Å²) in [5.41, 5.74) is 0. The van der Waals surface area contributed by atoms with Crippen LogP contribution in [-0.4, -0.2) is 61.7 Å². The minimum absolute atomic E-state index is 0.685. The van der Waals surface area contributed by atoms with Gasteiger partial charge in [-0.05, 0) is 45.8 Å². The molecule has 0 aliphatic carbocycles. The average Bonchev–Trinajstić information content (AvgIpc) is 2.48. The molecule has 0 aromatic rings. The first-order valence-electron chi connectivity index (χ1n) is 8.19. The minimum atomic E-state index is 0.685. The first-order chi connectivity index (χ1) is 9.04. The van der Waals surface area contributed by atoms with Crippen LogP contribution in [0, 0.1) is 5.92 Å². The molecular formula is C16H35N3. The smallest absolute Gasteiger partial charge is 0.0223 e. The van der Waals surface area contributed by atoms with E-state index >= 15 is 0 Å². The molecule has 0 saturated carbocycles. The molecule has 2 atom stereocenters. The lowest BCUT2D eigenvalue weighted by atomic mass is 10.1. The number of rotatable bonds is 7. The molecule has 0 aromatic carbocycles. The molecule has 0 spiro atoms. The van der Waals surface area contributed by atoms with Gasteiger partial charge < -0.3 is 10.2 Å². The lowest BCUT2D eigenvalue weighted by molar-refractivity contribution is 0.132. The SMILES string of the molecule is CCCC(CNCC(C)C)N1CCCN(C)CC1C. The maximum atomic E-state index is 3.66. The number of hydrogen-bond donors (Lipinski definition) is 1. The summed E-state index contributed by atoms with van der Waals surface area (Å²) >= 11 is 0. The van der Waals surface area contributed by atoms with Gasteiger partial charge in [0.05, 0.1) is 0 Å². The van der Waals surface area contributed by atoms with Crippen molar-refractivity contribution in [1.82, 2.24) is 15.1 Å². The third-order valence-electron chi connectivity index (χ3n) is 4.12. The Bertz CT molecular complexity index is 230. The van der Waals surface area contributed by atoms with Crippen LogP contribution >= 0.6 is 0 Å². The highest BCUT2D eigenvalue weighted by Crippen LogP contribution is 2.15. The predicted octanol–water partition coefficient (Wildman–Crippen LogP) is 2.43. The van der Waals surface area contributed by atoms with E-state index in [0.717, 1.165) is 19.0 Å². The summed E-state index contributed by atoms with van der Waals surface area (Å²) in [6, 6.07) is 1.40. The van der Waals surface area contributed by atoms with Crippen LogP contribution in [0.2, 0.25) is 0 Å². The summed E-state index contributed by atoms with van der Waals surface area (Å²) in [5, 5.41) is 3.66. The number of nitrogens with zero attached hydrogens (tertiary/aromatic N) is 2. The molecule has 0 aromatic heterocycles. The Morgan fingerprint density at radius 1 is 1.21 bits per heavy atom. The quantitative estimate of drug-likeness (QED) is 0.766. The van der Waals surface area contributed by atoms with Crippen molar-refractivity contribution in [2.75, 3.05) is 39.8 Å². The molecule has 1 N–H and O–H groups in total. The van der Waals surface area contributed by atoms with Gasteiger partial charge in [0, 0.05) is 31.7 Å². The van der Waals surface area contributed by atoms with Gasteiger partial charge in [-0.25, -0.2) is 0 Å². The van der Waals surface area contributed by atoms with Crippen LogP contribution in [0.1, 0.15) is 47.0 Å². The van der Waals surface area contributed by atoms with Gasteiger partial charge in [0.25, 0.3) is 0 Å². The van der Waals surface area contributed by atoms with Crippen molar-refractivity contribution in [2.24, 2.45) is 5.92 Å². The standard InChI is InChI=1S/C16H35N3/c1-6-8-16(12-17-11-14(2)3)19-10-7-9-18(5)13-15(19)4/h14-17H,6-13H2,1-5H3. The van der Waals surface area contributed by atoms with Crippen molar-refractivity contribution < 1.29 is 0 Å². The molecule has 0 radical (unpaired) electrons. The zero-order valence-corrected chi connectivity index (χ0v) is 13.8. The average molecular weight is 269 g/mol. The first-order valence-corrected chi connectivity index (χ1v) is 8.19. The molecule has 1 heterocycles. The van der Waals surface area contributed by atoms with E-state index in [1.807, 2.05) is 0 Å². The van der Waals surface area contributed by atoms with E-state index in [9.17, 15) is 0 Å². The van der Waals surface area contributed by atoms with E-state index in [2.05, 4.69) is 49.9 Å². The van der Waals surface area contributed by atoms with E-state index in [1.165, 1.54) is 38.9 Å². The van der Waals surface area contributed by atoms with Crippen LogP contribution in [0.3, 0.4) is 0 Å². The Morgan fingerprint density at radius 2 is 1.95 bits per heavy atom. The Morgan fingerprint density at radius 3 is 2.58 bits per heavy atom. The van der Waals surface area contributed by atoms with Gasteiger partial charge >= 0.3 is 0 Å². The van der Waals surface area contributed by atoms with Gasteiger partial charge in [-0.3, -0.25) is 4.90 Å². The Balaban J connectivity index is 2.52. The lowest BCUT2D eigenvalue weighted by Crippen LogP contribution is -2.49. The Hall–Kier alpha value is -0.120. The van der Waals surface area contributed by atoms with E-state index in [-0.39, 0.29) is 0 Å². The molecule has 1 aliphatic rings. The van der Waals surface area contributed by atoms with Crippen molar-refractivity contribution in [3.8, 4) is 0 Å². The second-order valence-corrected chi connectivity index (χ2v) is 6.70. The van der Waals surface area contributed by atoms with Gasteiger partial charge in [0.2, 0.25) is 0 Å². The number of nitrogens with one attached hydrogen (secondary N) is 1. The maximum absolute atomic E-state index is 3.66. The molecule has 0 amide bonds. The van der Waals surface area contributed by atoms with Crippen LogP contribution in [0.25, 0.3) is 0 Å². The van der Waals surface area contributed by atoms with Crippen LogP contribution in [0.5, 0.6) is 0 Å². The normalized spacial score (nSPS) is 24.6.